The number of anilines is 1. The van der Waals surface area contributed by atoms with Crippen LogP contribution in [-0.2, 0) is 9.59 Å². The molecule has 0 unspecified atom stereocenters. The lowest BCUT2D eigenvalue weighted by Gasteiger charge is -2.16. The fourth-order valence-corrected chi connectivity index (χ4v) is 2.62. The third kappa shape index (κ3) is 5.13. The molecule has 6 heteroatoms. The molecule has 2 amide bonds. The number of carbonyl (C=O) groups is 2. The molecule has 1 aromatic rings. The summed E-state index contributed by atoms with van der Waals surface area (Å²) in [5, 5.41) is 5.33. The van der Waals surface area contributed by atoms with E-state index in [1.54, 1.807) is 0 Å². The highest BCUT2D eigenvalue weighted by atomic mass is 79.9. The lowest BCUT2D eigenvalue weighted by atomic mass is 10.1. The largest absolute Gasteiger partial charge is 0.346 e. The van der Waals surface area contributed by atoms with Crippen LogP contribution in [0.2, 0.25) is 0 Å². The maximum absolute atomic E-state index is 11.9. The fraction of sp³-hybridized carbons (Fsp3) is 0.467. The van der Waals surface area contributed by atoms with Crippen molar-refractivity contribution in [3.63, 3.8) is 0 Å². The molecule has 5 nitrogen and oxygen atoms in total. The van der Waals surface area contributed by atoms with Crippen molar-refractivity contribution >= 4 is 33.4 Å². The van der Waals surface area contributed by atoms with Crippen LogP contribution in [0.4, 0.5) is 5.69 Å². The quantitative estimate of drug-likeness (QED) is 0.756. The van der Waals surface area contributed by atoms with Crippen LogP contribution in [0.5, 0.6) is 0 Å². The number of nitrogens with two attached hydrogens (primary N) is 1. The molecule has 116 valence electrons. The number of rotatable bonds is 5. The van der Waals surface area contributed by atoms with Gasteiger partial charge in [-0.15, -0.1) is 0 Å². The number of benzene rings is 1. The molecule has 0 saturated carbocycles. The van der Waals surface area contributed by atoms with Crippen LogP contribution < -0.4 is 16.4 Å². The van der Waals surface area contributed by atoms with Crippen LogP contribution in [0, 0.1) is 19.8 Å². The van der Waals surface area contributed by atoms with Gasteiger partial charge in [0.25, 0.3) is 0 Å². The van der Waals surface area contributed by atoms with Crippen molar-refractivity contribution < 1.29 is 9.59 Å². The molecule has 0 spiro atoms. The Morgan fingerprint density at radius 2 is 1.90 bits per heavy atom. The molecular formula is C15H22BrN3O2. The Bertz CT molecular complexity index is 521. The van der Waals surface area contributed by atoms with Crippen molar-refractivity contribution in [3.05, 3.63) is 27.7 Å². The van der Waals surface area contributed by atoms with Crippen molar-refractivity contribution in [2.45, 2.75) is 33.7 Å². The van der Waals surface area contributed by atoms with Gasteiger partial charge < -0.3 is 16.4 Å². The van der Waals surface area contributed by atoms with E-state index in [1.807, 2.05) is 39.8 Å². The van der Waals surface area contributed by atoms with Gasteiger partial charge in [0.2, 0.25) is 11.8 Å². The summed E-state index contributed by atoms with van der Waals surface area (Å²) in [7, 11) is 0. The first-order chi connectivity index (χ1) is 9.72. The molecule has 0 aliphatic carbocycles. The van der Waals surface area contributed by atoms with Gasteiger partial charge in [0.05, 0.1) is 18.3 Å². The maximum Gasteiger partial charge on any atom is 0.243 e. The summed E-state index contributed by atoms with van der Waals surface area (Å²) in [4.78, 5) is 23.6. The lowest BCUT2D eigenvalue weighted by molar-refractivity contribution is -0.125. The molecule has 0 aliphatic rings. The van der Waals surface area contributed by atoms with E-state index in [9.17, 15) is 9.59 Å². The van der Waals surface area contributed by atoms with Crippen LogP contribution in [-0.4, -0.2) is 24.4 Å². The van der Waals surface area contributed by atoms with Gasteiger partial charge in [0, 0.05) is 4.47 Å². The SMILES string of the molecule is Cc1cc(C)c(NC(=O)CNC(=O)[C@@H](N)C(C)C)c(Br)c1. The summed E-state index contributed by atoms with van der Waals surface area (Å²) in [6.07, 6.45) is 0. The van der Waals surface area contributed by atoms with E-state index in [1.165, 1.54) is 0 Å². The Morgan fingerprint density at radius 3 is 2.43 bits per heavy atom. The number of hydrogen-bond acceptors (Lipinski definition) is 3. The summed E-state index contributed by atoms with van der Waals surface area (Å²) in [6.45, 7) is 7.52. The minimum atomic E-state index is -0.606. The van der Waals surface area contributed by atoms with Gasteiger partial charge in [-0.1, -0.05) is 19.9 Å². The fourth-order valence-electron chi connectivity index (χ4n) is 1.85. The summed E-state index contributed by atoms with van der Waals surface area (Å²) >= 11 is 3.43. The van der Waals surface area contributed by atoms with Crippen molar-refractivity contribution in [2.24, 2.45) is 11.7 Å². The first kappa shape index (κ1) is 17.7. The molecule has 1 atom stereocenters. The Labute approximate surface area is 133 Å². The maximum atomic E-state index is 11.9. The van der Waals surface area contributed by atoms with E-state index in [-0.39, 0.29) is 24.3 Å². The van der Waals surface area contributed by atoms with Crippen molar-refractivity contribution in [3.8, 4) is 0 Å². The highest BCUT2D eigenvalue weighted by molar-refractivity contribution is 9.10. The van der Waals surface area contributed by atoms with Gasteiger partial charge in [0.1, 0.15) is 0 Å². The normalized spacial score (nSPS) is 12.1. The zero-order valence-electron chi connectivity index (χ0n) is 12.8. The molecule has 1 rings (SSSR count). The lowest BCUT2D eigenvalue weighted by Crippen LogP contribution is -2.46. The summed E-state index contributed by atoms with van der Waals surface area (Å²) in [5.41, 5.74) is 8.49. The predicted molar refractivity (Wildman–Crippen MR) is 88.1 cm³/mol. The zero-order chi connectivity index (χ0) is 16.2. The van der Waals surface area contributed by atoms with Crippen molar-refractivity contribution in [1.82, 2.24) is 5.32 Å². The number of carbonyl (C=O) groups excluding carboxylic acids is 2. The second-order valence-corrected chi connectivity index (χ2v) is 6.33. The van der Waals surface area contributed by atoms with E-state index in [2.05, 4.69) is 26.6 Å². The van der Waals surface area contributed by atoms with Crippen LogP contribution in [0.25, 0.3) is 0 Å². The topological polar surface area (TPSA) is 84.2 Å². The number of halogens is 1. The van der Waals surface area contributed by atoms with E-state index in [4.69, 9.17) is 5.73 Å². The molecule has 0 fully saturated rings. The predicted octanol–water partition coefficient (Wildman–Crippen LogP) is 2.10. The van der Waals surface area contributed by atoms with Crippen molar-refractivity contribution in [1.29, 1.82) is 0 Å². The van der Waals surface area contributed by atoms with E-state index in [0.717, 1.165) is 15.6 Å². The van der Waals surface area contributed by atoms with Gasteiger partial charge >= 0.3 is 0 Å². The minimum Gasteiger partial charge on any atom is -0.346 e. The molecule has 0 heterocycles. The zero-order valence-corrected chi connectivity index (χ0v) is 14.4. The standard InChI is InChI=1S/C15H22BrN3O2/c1-8(2)13(17)15(21)18-7-12(20)19-14-10(4)5-9(3)6-11(14)16/h5-6,8,13H,7,17H2,1-4H3,(H,18,21)(H,19,20)/t13-/m0/s1. The number of nitrogens with one attached hydrogen (secondary N) is 2. The molecular weight excluding hydrogens is 334 g/mol. The third-order valence-corrected chi connectivity index (χ3v) is 3.77. The van der Waals surface area contributed by atoms with Crippen LogP contribution >= 0.6 is 15.9 Å². The van der Waals surface area contributed by atoms with Gasteiger partial charge in [-0.3, -0.25) is 9.59 Å². The average Bonchev–Trinajstić information content (AvgIpc) is 2.39. The minimum absolute atomic E-state index is 0.0292. The molecule has 4 N–H and O–H groups in total. The molecule has 0 aromatic heterocycles. The second-order valence-electron chi connectivity index (χ2n) is 5.47. The third-order valence-electron chi connectivity index (χ3n) is 3.14. The Kier molecular flexibility index (Phi) is 6.36. The average molecular weight is 356 g/mol. The van der Waals surface area contributed by atoms with E-state index < -0.39 is 6.04 Å². The number of amides is 2. The summed E-state index contributed by atoms with van der Waals surface area (Å²) < 4.78 is 0.818. The molecule has 0 aliphatic heterocycles. The first-order valence-corrected chi connectivity index (χ1v) is 7.61. The molecule has 0 bridgehead atoms. The second kappa shape index (κ2) is 7.56. The van der Waals surface area contributed by atoms with E-state index in [0.29, 0.717) is 5.69 Å². The van der Waals surface area contributed by atoms with Gasteiger partial charge in [-0.05, 0) is 52.9 Å². The first-order valence-electron chi connectivity index (χ1n) is 6.82. The van der Waals surface area contributed by atoms with Gasteiger partial charge in [0.15, 0.2) is 0 Å². The van der Waals surface area contributed by atoms with Crippen LogP contribution in [0.15, 0.2) is 16.6 Å². The highest BCUT2D eigenvalue weighted by Crippen LogP contribution is 2.27. The highest BCUT2D eigenvalue weighted by Gasteiger charge is 2.18. The molecule has 0 radical (unpaired) electrons. The van der Waals surface area contributed by atoms with Crippen LogP contribution in [0.3, 0.4) is 0 Å². The monoisotopic (exact) mass is 355 g/mol. The Morgan fingerprint density at radius 1 is 1.29 bits per heavy atom. The smallest absolute Gasteiger partial charge is 0.243 e. The molecule has 0 saturated heterocycles. The van der Waals surface area contributed by atoms with Gasteiger partial charge in [-0.25, -0.2) is 0 Å². The van der Waals surface area contributed by atoms with Gasteiger partial charge in [-0.2, -0.15) is 0 Å². The Hall–Kier alpha value is -1.40. The van der Waals surface area contributed by atoms with Crippen molar-refractivity contribution in [2.75, 3.05) is 11.9 Å². The summed E-state index contributed by atoms with van der Waals surface area (Å²) in [5.74, 6) is -0.576. The number of hydrogen-bond donors (Lipinski definition) is 3. The molecule has 21 heavy (non-hydrogen) atoms. The van der Waals surface area contributed by atoms with Crippen LogP contribution in [0.1, 0.15) is 25.0 Å². The number of aryl methyl sites for hydroxylation is 2. The summed E-state index contributed by atoms with van der Waals surface area (Å²) in [6, 6.07) is 3.30. The molecule has 1 aromatic carbocycles. The van der Waals surface area contributed by atoms with E-state index >= 15 is 0 Å². The Balaban J connectivity index is 2.61.